The summed E-state index contributed by atoms with van der Waals surface area (Å²) in [5.74, 6) is -1.28. The highest BCUT2D eigenvalue weighted by Gasteiger charge is 2.59. The van der Waals surface area contributed by atoms with E-state index in [4.69, 9.17) is 4.74 Å². The maximum atomic E-state index is 12.8. The van der Waals surface area contributed by atoms with E-state index in [9.17, 15) is 24.3 Å². The van der Waals surface area contributed by atoms with Crippen LogP contribution in [0.4, 0.5) is 0 Å². The summed E-state index contributed by atoms with van der Waals surface area (Å²) in [7, 11) is 0. The van der Waals surface area contributed by atoms with Crippen molar-refractivity contribution in [3.63, 3.8) is 0 Å². The molecule has 0 bridgehead atoms. The van der Waals surface area contributed by atoms with Gasteiger partial charge in [0.15, 0.2) is 0 Å². The zero-order valence-electron chi connectivity index (χ0n) is 17.5. The van der Waals surface area contributed by atoms with E-state index in [1.807, 2.05) is 24.3 Å². The molecule has 2 aromatic rings. The Morgan fingerprint density at radius 3 is 1.94 bits per heavy atom. The number of aromatic carboxylic acids is 1. The van der Waals surface area contributed by atoms with Crippen molar-refractivity contribution in [1.29, 1.82) is 0 Å². The standard InChI is InChI=1S/C26H24O6/c27-13-32-17-6-2-4-15(12-17)19-8-10-21-23-20(24(28)25(21)29)9-7-18(22(19)23)14-3-1-5-16(11-14)26(30)31/h1-6,11-13,18-23H,7-10H2,(H,30,31). The third kappa shape index (κ3) is 3.25. The summed E-state index contributed by atoms with van der Waals surface area (Å²) < 4.78 is 5.06. The number of rotatable bonds is 5. The van der Waals surface area contributed by atoms with Crippen molar-refractivity contribution in [3.8, 4) is 5.75 Å². The average molecular weight is 432 g/mol. The Morgan fingerprint density at radius 2 is 1.34 bits per heavy atom. The van der Waals surface area contributed by atoms with Crippen molar-refractivity contribution in [1.82, 2.24) is 0 Å². The van der Waals surface area contributed by atoms with Gasteiger partial charge >= 0.3 is 5.97 Å². The van der Waals surface area contributed by atoms with Crippen molar-refractivity contribution in [3.05, 3.63) is 65.2 Å². The maximum absolute atomic E-state index is 12.8. The topological polar surface area (TPSA) is 97.7 Å². The van der Waals surface area contributed by atoms with Crippen molar-refractivity contribution in [2.24, 2.45) is 23.7 Å². The number of carbonyl (C=O) groups excluding carboxylic acids is 3. The molecule has 0 radical (unpaired) electrons. The van der Waals surface area contributed by atoms with Crippen molar-refractivity contribution >= 4 is 24.0 Å². The van der Waals surface area contributed by atoms with Crippen LogP contribution in [0, 0.1) is 23.7 Å². The van der Waals surface area contributed by atoms with Crippen LogP contribution in [0.5, 0.6) is 5.75 Å². The number of hydrogen-bond donors (Lipinski definition) is 1. The second-order valence-electron chi connectivity index (χ2n) is 9.18. The molecule has 1 N–H and O–H groups in total. The van der Waals surface area contributed by atoms with E-state index in [1.165, 1.54) is 0 Å². The molecule has 2 aromatic carbocycles. The Hall–Kier alpha value is -3.28. The van der Waals surface area contributed by atoms with Crippen LogP contribution in [0.1, 0.15) is 59.0 Å². The Bertz CT molecular complexity index is 1090. The number of benzene rings is 2. The van der Waals surface area contributed by atoms with Crippen LogP contribution in [0.15, 0.2) is 48.5 Å². The third-order valence-corrected chi connectivity index (χ3v) is 7.83. The summed E-state index contributed by atoms with van der Waals surface area (Å²) in [4.78, 5) is 47.9. The quantitative estimate of drug-likeness (QED) is 0.567. The van der Waals surface area contributed by atoms with E-state index < -0.39 is 5.97 Å². The van der Waals surface area contributed by atoms with Gasteiger partial charge in [0.1, 0.15) is 5.75 Å². The van der Waals surface area contributed by atoms with Gasteiger partial charge in [0.25, 0.3) is 6.47 Å². The molecular weight excluding hydrogens is 408 g/mol. The molecule has 0 amide bonds. The van der Waals surface area contributed by atoms with Crippen LogP contribution in [-0.2, 0) is 14.4 Å². The number of hydrogen-bond acceptors (Lipinski definition) is 5. The molecule has 0 aromatic heterocycles. The molecule has 3 aliphatic rings. The number of Topliss-reactive ketones (excluding diaryl/α,β-unsaturated/α-hetero) is 2. The van der Waals surface area contributed by atoms with E-state index in [1.54, 1.807) is 24.3 Å². The minimum atomic E-state index is -0.969. The number of carboxylic acids is 1. The highest BCUT2D eigenvalue weighted by atomic mass is 16.5. The van der Waals surface area contributed by atoms with Gasteiger partial charge in [0.05, 0.1) is 5.56 Å². The first-order chi connectivity index (χ1) is 15.5. The lowest BCUT2D eigenvalue weighted by atomic mass is 9.54. The van der Waals surface area contributed by atoms with Crippen LogP contribution in [-0.4, -0.2) is 29.1 Å². The molecule has 6 atom stereocenters. The van der Waals surface area contributed by atoms with E-state index in [2.05, 4.69) is 0 Å². The molecule has 0 heterocycles. The molecule has 6 heteroatoms. The Labute approximate surface area is 185 Å². The van der Waals surface area contributed by atoms with Gasteiger partial charge < -0.3 is 9.84 Å². The van der Waals surface area contributed by atoms with E-state index in [-0.39, 0.29) is 52.6 Å². The van der Waals surface area contributed by atoms with Crippen LogP contribution < -0.4 is 4.74 Å². The van der Waals surface area contributed by atoms with Gasteiger partial charge in [-0.25, -0.2) is 4.79 Å². The zero-order chi connectivity index (χ0) is 22.4. The number of carboxylic acid groups (broad SMARTS) is 1. The molecule has 3 saturated carbocycles. The second-order valence-corrected chi connectivity index (χ2v) is 9.18. The SMILES string of the molecule is O=COc1cccc(C2CCC3C(=O)C(=O)C4CCC(c5cccc(C(=O)O)c5)C2C34)c1. The second kappa shape index (κ2) is 8.01. The molecular formula is C26H24O6. The van der Waals surface area contributed by atoms with Gasteiger partial charge in [-0.15, -0.1) is 0 Å². The first kappa shape index (κ1) is 20.6. The minimum absolute atomic E-state index is 0.0309. The van der Waals surface area contributed by atoms with Crippen LogP contribution in [0.2, 0.25) is 0 Å². The molecule has 0 spiro atoms. The summed E-state index contributed by atoms with van der Waals surface area (Å²) in [5.41, 5.74) is 2.22. The van der Waals surface area contributed by atoms with E-state index >= 15 is 0 Å². The first-order valence-corrected chi connectivity index (χ1v) is 11.1. The summed E-state index contributed by atoms with van der Waals surface area (Å²) in [6.45, 7) is 0.404. The van der Waals surface area contributed by atoms with Gasteiger partial charge in [-0.2, -0.15) is 0 Å². The number of carbonyl (C=O) groups is 4. The largest absolute Gasteiger partial charge is 0.478 e. The molecule has 5 rings (SSSR count). The molecule has 6 nitrogen and oxygen atoms in total. The smallest absolute Gasteiger partial charge is 0.335 e. The molecule has 0 aliphatic heterocycles. The van der Waals surface area contributed by atoms with Crippen molar-refractivity contribution < 1.29 is 29.0 Å². The van der Waals surface area contributed by atoms with Crippen LogP contribution in [0.25, 0.3) is 0 Å². The lowest BCUT2D eigenvalue weighted by Gasteiger charge is -2.49. The van der Waals surface area contributed by atoms with Crippen molar-refractivity contribution in [2.75, 3.05) is 0 Å². The zero-order valence-corrected chi connectivity index (χ0v) is 17.5. The van der Waals surface area contributed by atoms with Gasteiger partial charge in [0.2, 0.25) is 11.6 Å². The molecule has 164 valence electrons. The molecule has 3 fully saturated rings. The predicted octanol–water partition coefficient (Wildman–Crippen LogP) is 3.99. The van der Waals surface area contributed by atoms with Gasteiger partial charge in [-0.05, 0) is 84.7 Å². The normalized spacial score (nSPS) is 31.1. The maximum Gasteiger partial charge on any atom is 0.335 e. The molecule has 32 heavy (non-hydrogen) atoms. The molecule has 3 aliphatic carbocycles. The number of ether oxygens (including phenoxy) is 1. The Balaban J connectivity index is 1.60. The van der Waals surface area contributed by atoms with Gasteiger partial charge in [-0.1, -0.05) is 24.3 Å². The van der Waals surface area contributed by atoms with Crippen molar-refractivity contribution in [2.45, 2.75) is 37.5 Å². The Kier molecular flexibility index (Phi) is 5.16. The van der Waals surface area contributed by atoms with Gasteiger partial charge in [0, 0.05) is 11.8 Å². The summed E-state index contributed by atoms with van der Waals surface area (Å²) in [6, 6.07) is 14.5. The highest BCUT2D eigenvalue weighted by Crippen LogP contribution is 2.60. The number of ketones is 2. The predicted molar refractivity (Wildman–Crippen MR) is 114 cm³/mol. The van der Waals surface area contributed by atoms with E-state index in [0.717, 1.165) is 24.0 Å². The van der Waals surface area contributed by atoms with Crippen LogP contribution >= 0.6 is 0 Å². The van der Waals surface area contributed by atoms with Gasteiger partial charge in [-0.3, -0.25) is 14.4 Å². The van der Waals surface area contributed by atoms with E-state index in [0.29, 0.717) is 25.1 Å². The third-order valence-electron chi connectivity index (χ3n) is 7.83. The summed E-state index contributed by atoms with van der Waals surface area (Å²) in [5, 5.41) is 9.48. The monoisotopic (exact) mass is 432 g/mol. The summed E-state index contributed by atoms with van der Waals surface area (Å²) >= 11 is 0. The summed E-state index contributed by atoms with van der Waals surface area (Å²) in [6.07, 6.45) is 2.83. The first-order valence-electron chi connectivity index (χ1n) is 11.1. The van der Waals surface area contributed by atoms with Crippen LogP contribution in [0.3, 0.4) is 0 Å². The Morgan fingerprint density at radius 1 is 0.812 bits per heavy atom. The lowest BCUT2D eigenvalue weighted by Crippen LogP contribution is -2.42. The fraction of sp³-hybridized carbons (Fsp3) is 0.385. The highest BCUT2D eigenvalue weighted by molar-refractivity contribution is 6.41. The fourth-order valence-electron chi connectivity index (χ4n) is 6.65. The lowest BCUT2D eigenvalue weighted by molar-refractivity contribution is -0.137. The molecule has 6 unspecified atom stereocenters. The minimum Gasteiger partial charge on any atom is -0.478 e. The fourth-order valence-corrected chi connectivity index (χ4v) is 6.65. The average Bonchev–Trinajstić information content (AvgIpc) is 3.06. The molecule has 0 saturated heterocycles.